The predicted molar refractivity (Wildman–Crippen MR) is 74.1 cm³/mol. The minimum atomic E-state index is -0.362. The number of benzene rings is 1. The largest absolute Gasteiger partial charge is 0.294 e. The van der Waals surface area contributed by atoms with Gasteiger partial charge in [0.25, 0.3) is 0 Å². The van der Waals surface area contributed by atoms with Crippen LogP contribution in [-0.2, 0) is 6.42 Å². The van der Waals surface area contributed by atoms with Crippen molar-refractivity contribution < 1.29 is 9.18 Å². The molecule has 0 aliphatic rings. The van der Waals surface area contributed by atoms with E-state index in [2.05, 4.69) is 36.8 Å². The zero-order chi connectivity index (χ0) is 13.1. The Hall–Kier alpha value is -1.07. The quantitative estimate of drug-likeness (QED) is 0.757. The Morgan fingerprint density at radius 1 is 1.11 bits per heavy atom. The van der Waals surface area contributed by atoms with Gasteiger partial charge in [0, 0.05) is 33.3 Å². The summed E-state index contributed by atoms with van der Waals surface area (Å²) in [6, 6.07) is 6.14. The summed E-state index contributed by atoms with van der Waals surface area (Å²) in [4.78, 5) is 15.9. The lowest BCUT2D eigenvalue weighted by atomic mass is 10.0. The summed E-state index contributed by atoms with van der Waals surface area (Å²) in [6.07, 6.45) is 3.26. The molecule has 0 bridgehead atoms. The lowest BCUT2D eigenvalue weighted by Crippen LogP contribution is -2.04. The smallest absolute Gasteiger partial charge is 0.168 e. The standard InChI is InChI=1S/C13H8Br2FNO/c14-10-1-8(2-12(16)5-10)3-13(18)9-4-11(15)7-17-6-9/h1-2,4-7H,3H2. The molecule has 18 heavy (non-hydrogen) atoms. The summed E-state index contributed by atoms with van der Waals surface area (Å²) in [7, 11) is 0. The molecule has 0 atom stereocenters. The molecule has 0 saturated carbocycles. The molecule has 2 aromatic rings. The van der Waals surface area contributed by atoms with Gasteiger partial charge in [0.1, 0.15) is 5.82 Å². The zero-order valence-corrected chi connectivity index (χ0v) is 12.3. The van der Waals surface area contributed by atoms with Gasteiger partial charge >= 0.3 is 0 Å². The Bertz CT molecular complexity index is 581. The summed E-state index contributed by atoms with van der Waals surface area (Å²) in [6.45, 7) is 0. The summed E-state index contributed by atoms with van der Waals surface area (Å²) in [5, 5.41) is 0. The second-order valence-electron chi connectivity index (χ2n) is 3.77. The van der Waals surface area contributed by atoms with Gasteiger partial charge in [0.05, 0.1) is 0 Å². The molecule has 0 N–H and O–H groups in total. The van der Waals surface area contributed by atoms with Crippen molar-refractivity contribution in [2.24, 2.45) is 0 Å². The van der Waals surface area contributed by atoms with E-state index in [0.29, 0.717) is 15.6 Å². The third-order valence-corrected chi connectivity index (χ3v) is 3.21. The number of pyridine rings is 1. The van der Waals surface area contributed by atoms with E-state index < -0.39 is 0 Å². The first kappa shape index (κ1) is 13.4. The lowest BCUT2D eigenvalue weighted by Gasteiger charge is -2.03. The van der Waals surface area contributed by atoms with Crippen molar-refractivity contribution in [1.29, 1.82) is 0 Å². The highest BCUT2D eigenvalue weighted by molar-refractivity contribution is 9.10. The fourth-order valence-corrected chi connectivity index (χ4v) is 2.44. The van der Waals surface area contributed by atoms with Crippen LogP contribution in [0.15, 0.2) is 45.6 Å². The molecule has 0 spiro atoms. The molecule has 0 aliphatic heterocycles. The third-order valence-electron chi connectivity index (χ3n) is 2.31. The molecule has 1 aromatic heterocycles. The van der Waals surface area contributed by atoms with Gasteiger partial charge in [-0.05, 0) is 45.8 Å². The number of ketones is 1. The first-order chi connectivity index (χ1) is 8.54. The lowest BCUT2D eigenvalue weighted by molar-refractivity contribution is 0.0992. The van der Waals surface area contributed by atoms with E-state index in [1.807, 2.05) is 0 Å². The van der Waals surface area contributed by atoms with Crippen molar-refractivity contribution in [3.63, 3.8) is 0 Å². The topological polar surface area (TPSA) is 30.0 Å². The third kappa shape index (κ3) is 3.46. The Balaban J connectivity index is 2.21. The van der Waals surface area contributed by atoms with Gasteiger partial charge in [-0.3, -0.25) is 9.78 Å². The van der Waals surface area contributed by atoms with Crippen LogP contribution in [0.25, 0.3) is 0 Å². The second kappa shape index (κ2) is 5.71. The molecule has 92 valence electrons. The monoisotopic (exact) mass is 371 g/mol. The number of Topliss-reactive ketones (excluding diaryl/α,β-unsaturated/α-hetero) is 1. The van der Waals surface area contributed by atoms with E-state index in [0.717, 1.165) is 4.47 Å². The fraction of sp³-hybridized carbons (Fsp3) is 0.0769. The van der Waals surface area contributed by atoms with E-state index in [4.69, 9.17) is 0 Å². The highest BCUT2D eigenvalue weighted by atomic mass is 79.9. The first-order valence-electron chi connectivity index (χ1n) is 5.13. The van der Waals surface area contributed by atoms with Gasteiger partial charge in [-0.1, -0.05) is 15.9 Å². The maximum atomic E-state index is 13.2. The molecule has 0 aliphatic carbocycles. The molecule has 1 aromatic carbocycles. The summed E-state index contributed by atoms with van der Waals surface area (Å²) in [5.74, 6) is -0.458. The van der Waals surface area contributed by atoms with Crippen LogP contribution < -0.4 is 0 Å². The van der Waals surface area contributed by atoms with E-state index in [9.17, 15) is 9.18 Å². The molecule has 2 nitrogen and oxygen atoms in total. The minimum absolute atomic E-state index is 0.0960. The highest BCUT2D eigenvalue weighted by Gasteiger charge is 2.09. The van der Waals surface area contributed by atoms with Gasteiger partial charge < -0.3 is 0 Å². The Morgan fingerprint density at radius 2 is 1.89 bits per heavy atom. The van der Waals surface area contributed by atoms with Gasteiger partial charge in [-0.15, -0.1) is 0 Å². The average molecular weight is 373 g/mol. The molecule has 0 saturated heterocycles. The Labute approximate surface area is 121 Å². The predicted octanol–water partition coefficient (Wildman–Crippen LogP) is 4.17. The zero-order valence-electron chi connectivity index (χ0n) is 9.16. The van der Waals surface area contributed by atoms with Crippen molar-refractivity contribution in [2.75, 3.05) is 0 Å². The SMILES string of the molecule is O=C(Cc1cc(F)cc(Br)c1)c1cncc(Br)c1. The Morgan fingerprint density at radius 3 is 2.56 bits per heavy atom. The highest BCUT2D eigenvalue weighted by Crippen LogP contribution is 2.17. The van der Waals surface area contributed by atoms with Crippen LogP contribution in [0.3, 0.4) is 0 Å². The molecule has 0 amide bonds. The summed E-state index contributed by atoms with van der Waals surface area (Å²) in [5.41, 5.74) is 1.14. The molecular weight excluding hydrogens is 365 g/mol. The fourth-order valence-electron chi connectivity index (χ4n) is 1.56. The van der Waals surface area contributed by atoms with Crippen LogP contribution in [0.5, 0.6) is 0 Å². The number of nitrogens with zero attached hydrogens (tertiary/aromatic N) is 1. The van der Waals surface area contributed by atoms with Crippen LogP contribution >= 0.6 is 31.9 Å². The van der Waals surface area contributed by atoms with Crippen LogP contribution in [0, 0.1) is 5.82 Å². The van der Waals surface area contributed by atoms with Gasteiger partial charge in [-0.2, -0.15) is 0 Å². The Kier molecular flexibility index (Phi) is 4.24. The maximum absolute atomic E-state index is 13.2. The van der Waals surface area contributed by atoms with E-state index in [-0.39, 0.29) is 18.0 Å². The molecular formula is C13H8Br2FNO. The first-order valence-corrected chi connectivity index (χ1v) is 6.72. The minimum Gasteiger partial charge on any atom is -0.294 e. The van der Waals surface area contributed by atoms with Crippen LogP contribution in [0.1, 0.15) is 15.9 Å². The number of halogens is 3. The van der Waals surface area contributed by atoms with Gasteiger partial charge in [-0.25, -0.2) is 4.39 Å². The number of aromatic nitrogens is 1. The van der Waals surface area contributed by atoms with Crippen LogP contribution in [0.2, 0.25) is 0 Å². The number of rotatable bonds is 3. The van der Waals surface area contributed by atoms with Gasteiger partial charge in [0.15, 0.2) is 5.78 Å². The van der Waals surface area contributed by atoms with Crippen LogP contribution in [0.4, 0.5) is 4.39 Å². The molecule has 0 unspecified atom stereocenters. The van der Waals surface area contributed by atoms with E-state index >= 15 is 0 Å². The number of hydrogen-bond acceptors (Lipinski definition) is 2. The molecule has 2 rings (SSSR count). The number of carbonyl (C=O) groups excluding carboxylic acids is 1. The summed E-state index contributed by atoms with van der Waals surface area (Å²) < 4.78 is 14.6. The van der Waals surface area contributed by atoms with Crippen molar-refractivity contribution in [1.82, 2.24) is 4.98 Å². The van der Waals surface area contributed by atoms with E-state index in [1.165, 1.54) is 18.3 Å². The number of carbonyl (C=O) groups is 1. The normalized spacial score (nSPS) is 10.4. The second-order valence-corrected chi connectivity index (χ2v) is 5.60. The van der Waals surface area contributed by atoms with Crippen molar-refractivity contribution in [2.45, 2.75) is 6.42 Å². The number of hydrogen-bond donors (Lipinski definition) is 0. The van der Waals surface area contributed by atoms with Crippen molar-refractivity contribution in [3.05, 3.63) is 62.5 Å². The van der Waals surface area contributed by atoms with Crippen molar-refractivity contribution in [3.8, 4) is 0 Å². The summed E-state index contributed by atoms with van der Waals surface area (Å²) >= 11 is 6.46. The van der Waals surface area contributed by atoms with E-state index in [1.54, 1.807) is 18.3 Å². The van der Waals surface area contributed by atoms with Crippen LogP contribution in [-0.4, -0.2) is 10.8 Å². The van der Waals surface area contributed by atoms with Crippen molar-refractivity contribution >= 4 is 37.6 Å². The average Bonchev–Trinajstić information content (AvgIpc) is 2.27. The van der Waals surface area contributed by atoms with Gasteiger partial charge in [0.2, 0.25) is 0 Å². The molecule has 5 heteroatoms. The molecule has 0 radical (unpaired) electrons. The molecule has 0 fully saturated rings. The molecule has 1 heterocycles. The maximum Gasteiger partial charge on any atom is 0.168 e.